The lowest BCUT2D eigenvalue weighted by molar-refractivity contribution is 0.0699. The molecule has 5 heteroatoms. The summed E-state index contributed by atoms with van der Waals surface area (Å²) in [5.41, 5.74) is 2.48. The predicted octanol–water partition coefficient (Wildman–Crippen LogP) is 4.31. The number of hydrogen-bond donors (Lipinski definition) is 1. The summed E-state index contributed by atoms with van der Waals surface area (Å²) >= 11 is 0. The first-order chi connectivity index (χ1) is 11.5. The highest BCUT2D eigenvalue weighted by atomic mass is 19.1. The van der Waals surface area contributed by atoms with Gasteiger partial charge in [-0.1, -0.05) is 25.1 Å². The molecule has 0 fully saturated rings. The molecule has 3 rings (SSSR count). The minimum Gasteiger partial charge on any atom is -0.496 e. The zero-order chi connectivity index (χ0) is 17.3. The van der Waals surface area contributed by atoms with Crippen LogP contribution >= 0.6 is 0 Å². The third-order valence-electron chi connectivity index (χ3n) is 3.97. The first kappa shape index (κ1) is 15.9. The summed E-state index contributed by atoms with van der Waals surface area (Å²) in [7, 11) is 1.48. The van der Waals surface area contributed by atoms with E-state index in [2.05, 4.69) is 4.98 Å². The molecule has 4 nitrogen and oxygen atoms in total. The normalized spacial score (nSPS) is 10.8. The van der Waals surface area contributed by atoms with Gasteiger partial charge in [0, 0.05) is 10.9 Å². The highest BCUT2D eigenvalue weighted by molar-refractivity contribution is 6.04. The van der Waals surface area contributed by atoms with Crippen LogP contribution in [0.4, 0.5) is 4.39 Å². The molecule has 1 heterocycles. The van der Waals surface area contributed by atoms with E-state index in [1.807, 2.05) is 19.1 Å². The highest BCUT2D eigenvalue weighted by Gasteiger charge is 2.17. The molecule has 1 aromatic heterocycles. The Kier molecular flexibility index (Phi) is 4.16. The number of carboxylic acids is 1. The summed E-state index contributed by atoms with van der Waals surface area (Å²) in [5.74, 6) is -1.05. The molecule has 0 saturated heterocycles. The van der Waals surface area contributed by atoms with Crippen LogP contribution in [0.25, 0.3) is 22.2 Å². The number of rotatable bonds is 4. The molecule has 0 unspecified atom stereocenters. The fourth-order valence-corrected chi connectivity index (χ4v) is 2.79. The Morgan fingerprint density at radius 1 is 1.25 bits per heavy atom. The van der Waals surface area contributed by atoms with Crippen molar-refractivity contribution in [1.29, 1.82) is 0 Å². The van der Waals surface area contributed by atoms with Crippen molar-refractivity contribution in [3.05, 3.63) is 59.4 Å². The second-order valence-corrected chi connectivity index (χ2v) is 5.37. The molecular weight excluding hydrogens is 309 g/mol. The number of pyridine rings is 1. The fraction of sp³-hybridized carbons (Fsp3) is 0.158. The van der Waals surface area contributed by atoms with E-state index in [1.54, 1.807) is 6.07 Å². The monoisotopic (exact) mass is 325 g/mol. The molecule has 0 amide bonds. The van der Waals surface area contributed by atoms with Crippen LogP contribution in [-0.2, 0) is 6.42 Å². The van der Waals surface area contributed by atoms with Gasteiger partial charge in [0.1, 0.15) is 11.6 Å². The Labute approximate surface area is 138 Å². The van der Waals surface area contributed by atoms with Crippen molar-refractivity contribution in [2.45, 2.75) is 13.3 Å². The summed E-state index contributed by atoms with van der Waals surface area (Å²) in [6, 6.07) is 11.0. The van der Waals surface area contributed by atoms with Crippen LogP contribution < -0.4 is 4.74 Å². The molecule has 0 atom stereocenters. The largest absolute Gasteiger partial charge is 0.496 e. The Bertz CT molecular complexity index is 937. The van der Waals surface area contributed by atoms with Crippen molar-refractivity contribution in [3.63, 3.8) is 0 Å². The van der Waals surface area contributed by atoms with Crippen LogP contribution in [0, 0.1) is 5.82 Å². The van der Waals surface area contributed by atoms with E-state index in [-0.39, 0.29) is 5.56 Å². The maximum Gasteiger partial charge on any atom is 0.336 e. The number of aromatic nitrogens is 1. The third kappa shape index (κ3) is 2.69. The lowest BCUT2D eigenvalue weighted by atomic mass is 10.00. The summed E-state index contributed by atoms with van der Waals surface area (Å²) in [4.78, 5) is 16.3. The molecular formula is C19H16FNO3. The Morgan fingerprint density at radius 2 is 2.04 bits per heavy atom. The summed E-state index contributed by atoms with van der Waals surface area (Å²) in [5, 5.41) is 10.1. The minimum atomic E-state index is -1.05. The van der Waals surface area contributed by atoms with Gasteiger partial charge in [-0.15, -0.1) is 0 Å². The van der Waals surface area contributed by atoms with Gasteiger partial charge in [-0.25, -0.2) is 14.2 Å². The Hall–Kier alpha value is -2.95. The van der Waals surface area contributed by atoms with Crippen molar-refractivity contribution < 1.29 is 19.0 Å². The molecule has 0 radical (unpaired) electrons. The highest BCUT2D eigenvalue weighted by Crippen LogP contribution is 2.33. The van der Waals surface area contributed by atoms with Crippen molar-refractivity contribution in [3.8, 4) is 17.0 Å². The number of nitrogens with zero attached hydrogens (tertiary/aromatic N) is 1. The van der Waals surface area contributed by atoms with Crippen LogP contribution in [0.5, 0.6) is 5.75 Å². The van der Waals surface area contributed by atoms with Gasteiger partial charge >= 0.3 is 5.97 Å². The zero-order valence-electron chi connectivity index (χ0n) is 13.3. The minimum absolute atomic E-state index is 0.136. The Balaban J connectivity index is 2.38. The molecule has 0 saturated carbocycles. The molecule has 0 spiro atoms. The zero-order valence-corrected chi connectivity index (χ0v) is 13.3. The van der Waals surface area contributed by atoms with Crippen molar-refractivity contribution in [1.82, 2.24) is 4.98 Å². The standard InChI is InChI=1S/C19H16FNO3/c1-3-11-5-4-6-13-14(19(22)23)10-16(21-18(11)13)15-9-12(20)7-8-17(15)24-2/h4-10H,3H2,1-2H3,(H,22,23). The third-order valence-corrected chi connectivity index (χ3v) is 3.97. The number of fused-ring (bicyclic) bond motifs is 1. The van der Waals surface area contributed by atoms with Crippen LogP contribution in [-0.4, -0.2) is 23.2 Å². The Morgan fingerprint density at radius 3 is 2.71 bits per heavy atom. The first-order valence-corrected chi connectivity index (χ1v) is 7.55. The summed E-state index contributed by atoms with van der Waals surface area (Å²) in [6.07, 6.45) is 0.715. The van der Waals surface area contributed by atoms with Crippen LogP contribution in [0.2, 0.25) is 0 Å². The van der Waals surface area contributed by atoms with E-state index >= 15 is 0 Å². The number of methoxy groups -OCH3 is 1. The predicted molar refractivity (Wildman–Crippen MR) is 90.0 cm³/mol. The molecule has 1 N–H and O–H groups in total. The van der Waals surface area contributed by atoms with Crippen LogP contribution in [0.3, 0.4) is 0 Å². The number of aromatic carboxylic acids is 1. The molecule has 0 aliphatic heterocycles. The number of hydrogen-bond acceptors (Lipinski definition) is 3. The molecule has 3 aromatic rings. The van der Waals surface area contributed by atoms with Gasteiger partial charge in [0.15, 0.2) is 0 Å². The van der Waals surface area contributed by atoms with Gasteiger partial charge in [0.05, 0.1) is 23.9 Å². The number of para-hydroxylation sites is 1. The SMILES string of the molecule is CCc1cccc2c(C(=O)O)cc(-c3cc(F)ccc3OC)nc12. The van der Waals surface area contributed by atoms with Gasteiger partial charge in [-0.05, 0) is 36.2 Å². The second kappa shape index (κ2) is 6.28. The van der Waals surface area contributed by atoms with Crippen molar-refractivity contribution in [2.24, 2.45) is 0 Å². The maximum absolute atomic E-state index is 13.7. The average molecular weight is 325 g/mol. The molecule has 122 valence electrons. The van der Waals surface area contributed by atoms with E-state index in [1.165, 1.54) is 31.4 Å². The number of aryl methyl sites for hydroxylation is 1. The first-order valence-electron chi connectivity index (χ1n) is 7.55. The lowest BCUT2D eigenvalue weighted by Gasteiger charge is -2.12. The van der Waals surface area contributed by atoms with E-state index in [4.69, 9.17) is 4.74 Å². The summed E-state index contributed by atoms with van der Waals surface area (Å²) < 4.78 is 19.0. The van der Waals surface area contributed by atoms with E-state index < -0.39 is 11.8 Å². The molecule has 0 aliphatic carbocycles. The molecule has 24 heavy (non-hydrogen) atoms. The van der Waals surface area contributed by atoms with Crippen molar-refractivity contribution >= 4 is 16.9 Å². The average Bonchev–Trinajstić information content (AvgIpc) is 2.59. The fourth-order valence-electron chi connectivity index (χ4n) is 2.79. The molecule has 0 bridgehead atoms. The number of carbonyl (C=O) groups is 1. The van der Waals surface area contributed by atoms with Gasteiger partial charge in [0.25, 0.3) is 0 Å². The topological polar surface area (TPSA) is 59.4 Å². The van der Waals surface area contributed by atoms with Gasteiger partial charge < -0.3 is 9.84 Å². The number of halogens is 1. The second-order valence-electron chi connectivity index (χ2n) is 5.37. The van der Waals surface area contributed by atoms with E-state index in [0.29, 0.717) is 34.3 Å². The van der Waals surface area contributed by atoms with Crippen molar-refractivity contribution in [2.75, 3.05) is 7.11 Å². The van der Waals surface area contributed by atoms with Gasteiger partial charge in [-0.2, -0.15) is 0 Å². The van der Waals surface area contributed by atoms with E-state index in [0.717, 1.165) is 5.56 Å². The van der Waals surface area contributed by atoms with E-state index in [9.17, 15) is 14.3 Å². The molecule has 2 aromatic carbocycles. The van der Waals surface area contributed by atoms with Gasteiger partial charge in [-0.3, -0.25) is 0 Å². The number of carboxylic acid groups (broad SMARTS) is 1. The summed E-state index contributed by atoms with van der Waals surface area (Å²) in [6.45, 7) is 1.98. The van der Waals surface area contributed by atoms with Gasteiger partial charge in [0.2, 0.25) is 0 Å². The number of ether oxygens (including phenoxy) is 1. The quantitative estimate of drug-likeness (QED) is 0.776. The van der Waals surface area contributed by atoms with Crippen LogP contribution in [0.15, 0.2) is 42.5 Å². The molecule has 0 aliphatic rings. The van der Waals surface area contributed by atoms with Crippen LogP contribution in [0.1, 0.15) is 22.8 Å². The number of benzene rings is 2. The lowest BCUT2D eigenvalue weighted by Crippen LogP contribution is -2.02. The maximum atomic E-state index is 13.7. The smallest absolute Gasteiger partial charge is 0.336 e.